The number of nitrogens with one attached hydrogen (secondary N) is 1. The summed E-state index contributed by atoms with van der Waals surface area (Å²) >= 11 is 1.27. The summed E-state index contributed by atoms with van der Waals surface area (Å²) in [4.78, 5) is 43.0. The van der Waals surface area contributed by atoms with Crippen molar-refractivity contribution in [3.05, 3.63) is 125 Å². The second-order valence-corrected chi connectivity index (χ2v) is 13.2. The van der Waals surface area contributed by atoms with Crippen molar-refractivity contribution >= 4 is 39.8 Å². The highest BCUT2D eigenvalue weighted by Gasteiger charge is 2.21. The van der Waals surface area contributed by atoms with Crippen LogP contribution in [0.25, 0.3) is 22.2 Å². The zero-order valence-corrected chi connectivity index (χ0v) is 28.1. The number of amides is 1. The Hall–Kier alpha value is -4.69. The van der Waals surface area contributed by atoms with Gasteiger partial charge in [-0.25, -0.2) is 9.78 Å². The minimum absolute atomic E-state index is 0.0764. The largest absolute Gasteiger partial charge is 0.478 e. The van der Waals surface area contributed by atoms with Crippen molar-refractivity contribution in [2.24, 2.45) is 5.92 Å². The highest BCUT2D eigenvalue weighted by atomic mass is 32.2. The molecular formula is C39H41N3O4S. The molecule has 0 saturated carbocycles. The number of imidazole rings is 1. The van der Waals surface area contributed by atoms with E-state index in [0.717, 1.165) is 52.0 Å². The number of fused-ring (bicyclic) bond motifs is 1. The SMILES string of the molecule is CCCc1nc2c(C)cc(C(=O)N[C@@H](CSC(=O)C(C)C)Cc3ccccc3)cc2n1Cc1ccc(-c2ccccc2C(=O)O)cc1. The van der Waals surface area contributed by atoms with Crippen LogP contribution in [0.2, 0.25) is 0 Å². The molecule has 0 spiro atoms. The number of aromatic carboxylic acids is 1. The molecule has 47 heavy (non-hydrogen) atoms. The molecule has 1 aromatic heterocycles. The van der Waals surface area contributed by atoms with Crippen LogP contribution in [-0.4, -0.2) is 43.4 Å². The molecule has 0 aliphatic heterocycles. The molecule has 1 atom stereocenters. The van der Waals surface area contributed by atoms with Gasteiger partial charge in [-0.3, -0.25) is 9.59 Å². The number of hydrogen-bond donors (Lipinski definition) is 2. The van der Waals surface area contributed by atoms with E-state index in [1.807, 2.05) is 99.6 Å². The Labute approximate surface area is 280 Å². The topological polar surface area (TPSA) is 101 Å². The second-order valence-electron chi connectivity index (χ2n) is 12.2. The fourth-order valence-corrected chi connectivity index (χ4v) is 6.62. The fourth-order valence-electron chi connectivity index (χ4n) is 5.72. The van der Waals surface area contributed by atoms with Crippen molar-refractivity contribution in [1.82, 2.24) is 14.9 Å². The first kappa shape index (κ1) is 33.7. The molecular weight excluding hydrogens is 607 g/mol. The molecule has 0 saturated heterocycles. The smallest absolute Gasteiger partial charge is 0.336 e. The number of nitrogens with zero attached hydrogens (tertiary/aromatic N) is 2. The maximum atomic E-state index is 13.8. The van der Waals surface area contributed by atoms with E-state index in [4.69, 9.17) is 4.98 Å². The van der Waals surface area contributed by atoms with E-state index in [9.17, 15) is 19.5 Å². The van der Waals surface area contributed by atoms with E-state index < -0.39 is 5.97 Å². The molecule has 7 nitrogen and oxygen atoms in total. The van der Waals surface area contributed by atoms with Crippen molar-refractivity contribution in [2.75, 3.05) is 5.75 Å². The number of carboxylic acid groups (broad SMARTS) is 1. The van der Waals surface area contributed by atoms with E-state index in [1.54, 1.807) is 12.1 Å². The van der Waals surface area contributed by atoms with Crippen LogP contribution in [0.15, 0.2) is 91.0 Å². The molecule has 0 aliphatic carbocycles. The van der Waals surface area contributed by atoms with Gasteiger partial charge in [-0.15, -0.1) is 0 Å². The minimum Gasteiger partial charge on any atom is -0.478 e. The third kappa shape index (κ3) is 8.19. The summed E-state index contributed by atoms with van der Waals surface area (Å²) in [6.45, 7) is 8.45. The van der Waals surface area contributed by atoms with Gasteiger partial charge in [0, 0.05) is 36.2 Å². The molecule has 2 N–H and O–H groups in total. The zero-order valence-electron chi connectivity index (χ0n) is 27.3. The molecule has 5 rings (SSSR count). The first-order valence-corrected chi connectivity index (χ1v) is 17.1. The van der Waals surface area contributed by atoms with Gasteiger partial charge in [0.2, 0.25) is 0 Å². The summed E-state index contributed by atoms with van der Waals surface area (Å²) in [6, 6.07) is 28.5. The molecule has 0 fully saturated rings. The van der Waals surface area contributed by atoms with Crippen molar-refractivity contribution < 1.29 is 19.5 Å². The number of carboxylic acids is 1. The first-order valence-electron chi connectivity index (χ1n) is 16.1. The van der Waals surface area contributed by atoms with Crippen LogP contribution in [0.5, 0.6) is 0 Å². The van der Waals surface area contributed by atoms with Crippen LogP contribution in [0.4, 0.5) is 0 Å². The average molecular weight is 648 g/mol. The van der Waals surface area contributed by atoms with Crippen molar-refractivity contribution in [3.63, 3.8) is 0 Å². The van der Waals surface area contributed by atoms with E-state index >= 15 is 0 Å². The maximum Gasteiger partial charge on any atom is 0.336 e. The molecule has 0 aliphatic rings. The Morgan fingerprint density at radius 1 is 0.915 bits per heavy atom. The van der Waals surface area contributed by atoms with Gasteiger partial charge in [-0.1, -0.05) is 105 Å². The zero-order chi connectivity index (χ0) is 33.5. The quantitative estimate of drug-likeness (QED) is 0.134. The van der Waals surface area contributed by atoms with Gasteiger partial charge in [-0.2, -0.15) is 0 Å². The van der Waals surface area contributed by atoms with E-state index in [2.05, 4.69) is 16.8 Å². The van der Waals surface area contributed by atoms with Crippen LogP contribution in [-0.2, 0) is 24.2 Å². The fraction of sp³-hybridized carbons (Fsp3) is 0.282. The normalized spacial score (nSPS) is 11.9. The highest BCUT2D eigenvalue weighted by molar-refractivity contribution is 8.13. The lowest BCUT2D eigenvalue weighted by Gasteiger charge is -2.19. The summed E-state index contributed by atoms with van der Waals surface area (Å²) in [5, 5.41) is 13.0. The third-order valence-corrected chi connectivity index (χ3v) is 9.51. The van der Waals surface area contributed by atoms with Gasteiger partial charge in [0.1, 0.15) is 5.82 Å². The van der Waals surface area contributed by atoms with Crippen molar-refractivity contribution in [2.45, 2.75) is 59.5 Å². The molecule has 1 amide bonds. The minimum atomic E-state index is -0.955. The summed E-state index contributed by atoms with van der Waals surface area (Å²) in [7, 11) is 0. The Kier molecular flexibility index (Phi) is 10.9. The predicted octanol–water partition coefficient (Wildman–Crippen LogP) is 7.97. The van der Waals surface area contributed by atoms with Gasteiger partial charge >= 0.3 is 5.97 Å². The Morgan fingerprint density at radius 3 is 2.30 bits per heavy atom. The number of aryl methyl sites for hydroxylation is 2. The summed E-state index contributed by atoms with van der Waals surface area (Å²) < 4.78 is 2.18. The predicted molar refractivity (Wildman–Crippen MR) is 190 cm³/mol. The molecule has 8 heteroatoms. The summed E-state index contributed by atoms with van der Waals surface area (Å²) in [5.74, 6) is 0.231. The molecule has 0 bridgehead atoms. The van der Waals surface area contributed by atoms with Gasteiger partial charge in [0.25, 0.3) is 5.91 Å². The van der Waals surface area contributed by atoms with Gasteiger partial charge < -0.3 is 15.0 Å². The van der Waals surface area contributed by atoms with Crippen LogP contribution in [0.1, 0.15) is 70.4 Å². The number of hydrogen-bond acceptors (Lipinski definition) is 5. The van der Waals surface area contributed by atoms with Crippen molar-refractivity contribution in [1.29, 1.82) is 0 Å². The van der Waals surface area contributed by atoms with Gasteiger partial charge in [0.15, 0.2) is 5.12 Å². The van der Waals surface area contributed by atoms with E-state index in [1.165, 1.54) is 11.8 Å². The number of aromatic nitrogens is 2. The molecule has 4 aromatic carbocycles. The number of rotatable bonds is 13. The number of benzene rings is 4. The van der Waals surface area contributed by atoms with Gasteiger partial charge in [0.05, 0.1) is 16.6 Å². The Morgan fingerprint density at radius 2 is 1.62 bits per heavy atom. The highest BCUT2D eigenvalue weighted by Crippen LogP contribution is 2.27. The van der Waals surface area contributed by atoms with Crippen LogP contribution in [0, 0.1) is 12.8 Å². The van der Waals surface area contributed by atoms with Crippen molar-refractivity contribution in [3.8, 4) is 11.1 Å². The molecule has 5 aromatic rings. The number of thioether (sulfide) groups is 1. The van der Waals surface area contributed by atoms with Crippen LogP contribution < -0.4 is 5.32 Å². The van der Waals surface area contributed by atoms with Gasteiger partial charge in [-0.05, 0) is 65.8 Å². The lowest BCUT2D eigenvalue weighted by Crippen LogP contribution is -2.38. The third-order valence-electron chi connectivity index (χ3n) is 8.18. The second kappa shape index (κ2) is 15.3. The monoisotopic (exact) mass is 647 g/mol. The molecule has 242 valence electrons. The van der Waals surface area contributed by atoms with Crippen LogP contribution in [0.3, 0.4) is 0 Å². The molecule has 1 heterocycles. The van der Waals surface area contributed by atoms with E-state index in [0.29, 0.717) is 29.8 Å². The lowest BCUT2D eigenvalue weighted by atomic mass is 9.98. The van der Waals surface area contributed by atoms with Crippen LogP contribution >= 0.6 is 11.8 Å². The standard InChI is InChI=1S/C39H41N3O4S/c1-5-11-35-41-36-26(4)20-30(37(43)40-31(24-47-39(46)25(2)3)21-27-12-7-6-8-13-27)22-34(36)42(35)23-28-16-18-29(19-17-28)32-14-9-10-15-33(32)38(44)45/h6-10,12-20,22,25,31H,5,11,21,23-24H2,1-4H3,(H,40,43)(H,44,45)/t31-/m1/s1. The molecule has 0 radical (unpaired) electrons. The Balaban J connectivity index is 1.43. The lowest BCUT2D eigenvalue weighted by molar-refractivity contribution is -0.113. The summed E-state index contributed by atoms with van der Waals surface area (Å²) in [5.41, 5.74) is 7.16. The average Bonchev–Trinajstić information content (AvgIpc) is 3.41. The Bertz CT molecular complexity index is 1880. The number of carbonyl (C=O) groups excluding carboxylic acids is 2. The maximum absolute atomic E-state index is 13.8. The van der Waals surface area contributed by atoms with E-state index in [-0.39, 0.29) is 28.5 Å². The molecule has 0 unspecified atom stereocenters. The summed E-state index contributed by atoms with van der Waals surface area (Å²) in [6.07, 6.45) is 2.34. The number of carbonyl (C=O) groups is 3. The first-order chi connectivity index (χ1) is 22.6.